The maximum atomic E-state index is 3.97. The third-order valence-corrected chi connectivity index (χ3v) is 2.09. The Labute approximate surface area is 80.6 Å². The molecule has 0 amide bonds. The predicted octanol–water partition coefficient (Wildman–Crippen LogP) is 3.84. The molecule has 0 saturated carbocycles. The fourth-order valence-corrected chi connectivity index (χ4v) is 1.41. The summed E-state index contributed by atoms with van der Waals surface area (Å²) in [4.78, 5) is 0. The first-order valence-electron chi connectivity index (χ1n) is 4.60. The van der Waals surface area contributed by atoms with Gasteiger partial charge in [0.15, 0.2) is 0 Å². The normalized spacial score (nSPS) is 9.62. The molecule has 0 aliphatic heterocycles. The van der Waals surface area contributed by atoms with Crippen molar-refractivity contribution in [3.8, 4) is 0 Å². The molecule has 0 saturated heterocycles. The summed E-state index contributed by atoms with van der Waals surface area (Å²) in [5.41, 5.74) is 3.79. The predicted molar refractivity (Wildman–Crippen MR) is 59.7 cm³/mol. The van der Waals surface area contributed by atoms with E-state index in [1.54, 1.807) is 0 Å². The second kappa shape index (κ2) is 4.66. The van der Waals surface area contributed by atoms with E-state index >= 15 is 0 Å². The van der Waals surface area contributed by atoms with E-state index in [0.29, 0.717) is 0 Å². The maximum Gasteiger partial charge on any atom is -0.0201 e. The fourth-order valence-electron chi connectivity index (χ4n) is 1.41. The molecule has 13 heavy (non-hydrogen) atoms. The van der Waals surface area contributed by atoms with Gasteiger partial charge in [-0.05, 0) is 30.9 Å². The molecule has 0 nitrogen and oxygen atoms in total. The first-order valence-corrected chi connectivity index (χ1v) is 4.60. The van der Waals surface area contributed by atoms with Crippen LogP contribution in [0.25, 0.3) is 5.57 Å². The Balaban J connectivity index is 2.90. The Morgan fingerprint density at radius 1 is 1.38 bits per heavy atom. The SMILES string of the molecule is C=CCCc1ccccc1C(=C)C. The molecule has 0 N–H and O–H groups in total. The summed E-state index contributed by atoms with van der Waals surface area (Å²) in [5.74, 6) is 0. The van der Waals surface area contributed by atoms with Gasteiger partial charge in [0.1, 0.15) is 0 Å². The molecule has 0 atom stereocenters. The molecular weight excluding hydrogens is 156 g/mol. The van der Waals surface area contributed by atoms with Crippen molar-refractivity contribution in [3.63, 3.8) is 0 Å². The molecule has 0 fully saturated rings. The van der Waals surface area contributed by atoms with Gasteiger partial charge in [0, 0.05) is 0 Å². The average molecular weight is 172 g/mol. The third-order valence-electron chi connectivity index (χ3n) is 2.09. The van der Waals surface area contributed by atoms with Crippen LogP contribution in [0.4, 0.5) is 0 Å². The van der Waals surface area contributed by atoms with E-state index in [4.69, 9.17) is 0 Å². The van der Waals surface area contributed by atoms with E-state index < -0.39 is 0 Å². The Morgan fingerprint density at radius 2 is 2.08 bits per heavy atom. The summed E-state index contributed by atoms with van der Waals surface area (Å²) >= 11 is 0. The number of aryl methyl sites for hydroxylation is 1. The highest BCUT2D eigenvalue weighted by atomic mass is 14.0. The summed E-state index contributed by atoms with van der Waals surface area (Å²) in [6.45, 7) is 9.74. The van der Waals surface area contributed by atoms with Crippen molar-refractivity contribution in [3.05, 3.63) is 54.6 Å². The topological polar surface area (TPSA) is 0 Å². The van der Waals surface area contributed by atoms with Gasteiger partial charge in [-0.15, -0.1) is 6.58 Å². The Bertz CT molecular complexity index is 308. The van der Waals surface area contributed by atoms with Crippen LogP contribution in [0, 0.1) is 0 Å². The number of allylic oxidation sites excluding steroid dienone is 2. The average Bonchev–Trinajstić information content (AvgIpc) is 2.15. The van der Waals surface area contributed by atoms with Crippen molar-refractivity contribution in [2.45, 2.75) is 19.8 Å². The zero-order valence-corrected chi connectivity index (χ0v) is 8.22. The van der Waals surface area contributed by atoms with Gasteiger partial charge in [-0.3, -0.25) is 0 Å². The standard InChI is InChI=1S/C13H16/c1-4-5-8-12-9-6-7-10-13(12)11(2)3/h4,6-7,9-10H,1-2,5,8H2,3H3. The highest BCUT2D eigenvalue weighted by Crippen LogP contribution is 2.18. The zero-order chi connectivity index (χ0) is 9.68. The lowest BCUT2D eigenvalue weighted by atomic mass is 9.98. The van der Waals surface area contributed by atoms with Crippen molar-refractivity contribution in [1.29, 1.82) is 0 Å². The number of hydrogen-bond acceptors (Lipinski definition) is 0. The second-order valence-electron chi connectivity index (χ2n) is 3.26. The molecular formula is C13H16. The third kappa shape index (κ3) is 2.59. The lowest BCUT2D eigenvalue weighted by Crippen LogP contribution is -1.90. The van der Waals surface area contributed by atoms with Crippen molar-refractivity contribution in [1.82, 2.24) is 0 Å². The lowest BCUT2D eigenvalue weighted by Gasteiger charge is -2.07. The molecule has 0 aliphatic carbocycles. The Kier molecular flexibility index (Phi) is 3.51. The molecule has 1 aromatic rings. The molecule has 0 spiro atoms. The highest BCUT2D eigenvalue weighted by molar-refractivity contribution is 5.64. The molecule has 0 radical (unpaired) electrons. The summed E-state index contributed by atoms with van der Waals surface area (Å²) in [5, 5.41) is 0. The van der Waals surface area contributed by atoms with Crippen LogP contribution < -0.4 is 0 Å². The van der Waals surface area contributed by atoms with E-state index in [0.717, 1.165) is 18.4 Å². The van der Waals surface area contributed by atoms with Gasteiger partial charge < -0.3 is 0 Å². The number of rotatable bonds is 4. The van der Waals surface area contributed by atoms with E-state index in [9.17, 15) is 0 Å². The summed E-state index contributed by atoms with van der Waals surface area (Å²) in [7, 11) is 0. The summed E-state index contributed by atoms with van der Waals surface area (Å²) in [6.07, 6.45) is 4.05. The van der Waals surface area contributed by atoms with Gasteiger partial charge in [-0.25, -0.2) is 0 Å². The Morgan fingerprint density at radius 3 is 2.69 bits per heavy atom. The quantitative estimate of drug-likeness (QED) is 0.605. The van der Waals surface area contributed by atoms with Crippen LogP contribution in [0.5, 0.6) is 0 Å². The molecule has 1 aromatic carbocycles. The van der Waals surface area contributed by atoms with Crippen LogP contribution in [0.1, 0.15) is 24.5 Å². The smallest absolute Gasteiger partial charge is 0.0201 e. The van der Waals surface area contributed by atoms with Gasteiger partial charge >= 0.3 is 0 Å². The summed E-state index contributed by atoms with van der Waals surface area (Å²) < 4.78 is 0. The van der Waals surface area contributed by atoms with Gasteiger partial charge in [0.05, 0.1) is 0 Å². The van der Waals surface area contributed by atoms with Crippen molar-refractivity contribution in [2.75, 3.05) is 0 Å². The van der Waals surface area contributed by atoms with Crippen LogP contribution in [-0.2, 0) is 6.42 Å². The molecule has 0 unspecified atom stereocenters. The lowest BCUT2D eigenvalue weighted by molar-refractivity contribution is 0.998. The van der Waals surface area contributed by atoms with Crippen LogP contribution in [0.2, 0.25) is 0 Å². The molecule has 0 aliphatic rings. The van der Waals surface area contributed by atoms with E-state index in [1.165, 1.54) is 11.1 Å². The molecule has 0 aromatic heterocycles. The van der Waals surface area contributed by atoms with E-state index in [-0.39, 0.29) is 0 Å². The van der Waals surface area contributed by atoms with Gasteiger partial charge in [-0.2, -0.15) is 0 Å². The molecule has 1 rings (SSSR count). The van der Waals surface area contributed by atoms with Crippen molar-refractivity contribution in [2.24, 2.45) is 0 Å². The first-order chi connectivity index (χ1) is 6.25. The summed E-state index contributed by atoms with van der Waals surface area (Å²) in [6, 6.07) is 8.42. The maximum absolute atomic E-state index is 3.97. The minimum Gasteiger partial charge on any atom is -0.103 e. The largest absolute Gasteiger partial charge is 0.103 e. The Hall–Kier alpha value is -1.30. The number of benzene rings is 1. The first kappa shape index (κ1) is 9.79. The minimum atomic E-state index is 1.03. The second-order valence-corrected chi connectivity index (χ2v) is 3.26. The van der Waals surface area contributed by atoms with E-state index in [2.05, 4.69) is 37.4 Å². The van der Waals surface area contributed by atoms with Crippen molar-refractivity contribution >= 4 is 5.57 Å². The fraction of sp³-hybridized carbons (Fsp3) is 0.231. The van der Waals surface area contributed by atoms with Crippen LogP contribution in [-0.4, -0.2) is 0 Å². The van der Waals surface area contributed by atoms with Crippen LogP contribution in [0.3, 0.4) is 0 Å². The van der Waals surface area contributed by atoms with Gasteiger partial charge in [0.25, 0.3) is 0 Å². The van der Waals surface area contributed by atoms with Crippen LogP contribution >= 0.6 is 0 Å². The van der Waals surface area contributed by atoms with E-state index in [1.807, 2.05) is 13.0 Å². The molecule has 0 heterocycles. The van der Waals surface area contributed by atoms with Gasteiger partial charge in [-0.1, -0.05) is 42.5 Å². The monoisotopic (exact) mass is 172 g/mol. The molecule has 0 heteroatoms. The zero-order valence-electron chi connectivity index (χ0n) is 8.22. The number of hydrogen-bond donors (Lipinski definition) is 0. The van der Waals surface area contributed by atoms with Crippen LogP contribution in [0.15, 0.2) is 43.5 Å². The van der Waals surface area contributed by atoms with Crippen molar-refractivity contribution < 1.29 is 0 Å². The highest BCUT2D eigenvalue weighted by Gasteiger charge is 1.99. The minimum absolute atomic E-state index is 1.03. The molecule has 68 valence electrons. The molecule has 0 bridgehead atoms. The van der Waals surface area contributed by atoms with Gasteiger partial charge in [0.2, 0.25) is 0 Å².